The van der Waals surface area contributed by atoms with Crippen LogP contribution in [0.15, 0.2) is 23.0 Å². The molecule has 0 aromatic carbocycles. The Morgan fingerprint density at radius 2 is 1.61 bits per heavy atom. The first-order valence-corrected chi connectivity index (χ1v) is 5.05. The maximum Gasteiger partial charge on any atom is 0.459 e. The van der Waals surface area contributed by atoms with E-state index in [9.17, 15) is 26.7 Å². The van der Waals surface area contributed by atoms with E-state index in [1.807, 2.05) is 19.3 Å². The molecule has 104 valence electrons. The maximum atomic E-state index is 12.8. The number of hydrazine groups is 1. The van der Waals surface area contributed by atoms with Gasteiger partial charge in [-0.05, 0) is 18.6 Å². The monoisotopic (exact) mass is 272 g/mol. The molecule has 0 spiro atoms. The highest BCUT2D eigenvalue weighted by Gasteiger charge is 2.60. The predicted octanol–water partition coefficient (Wildman–Crippen LogP) is 2.67. The summed E-state index contributed by atoms with van der Waals surface area (Å²) >= 11 is 0. The van der Waals surface area contributed by atoms with E-state index >= 15 is 0 Å². The second kappa shape index (κ2) is 5.83. The number of rotatable bonds is 2. The SMILES string of the molecule is CC.CC1=C(C=O)NNC(C(F)(F)C(F)(F)F)=C1. The van der Waals surface area contributed by atoms with Gasteiger partial charge < -0.3 is 0 Å². The van der Waals surface area contributed by atoms with E-state index in [1.165, 1.54) is 6.92 Å². The van der Waals surface area contributed by atoms with Crippen molar-refractivity contribution < 1.29 is 26.7 Å². The zero-order valence-corrected chi connectivity index (χ0v) is 9.95. The van der Waals surface area contributed by atoms with Crippen molar-refractivity contribution >= 4 is 6.29 Å². The third-order valence-electron chi connectivity index (χ3n) is 1.93. The summed E-state index contributed by atoms with van der Waals surface area (Å²) in [5, 5.41) is 0. The lowest BCUT2D eigenvalue weighted by molar-refractivity contribution is -0.266. The fourth-order valence-corrected chi connectivity index (χ4v) is 1.01. The van der Waals surface area contributed by atoms with Gasteiger partial charge >= 0.3 is 12.1 Å². The fourth-order valence-electron chi connectivity index (χ4n) is 1.01. The number of carbonyl (C=O) groups excluding carboxylic acids is 1. The Kier molecular flexibility index (Phi) is 5.31. The molecule has 8 heteroatoms. The molecule has 0 aromatic rings. The predicted molar refractivity (Wildman–Crippen MR) is 55.5 cm³/mol. The second-order valence-electron chi connectivity index (χ2n) is 3.09. The largest absolute Gasteiger partial charge is 0.459 e. The molecule has 1 aliphatic heterocycles. The van der Waals surface area contributed by atoms with E-state index in [-0.39, 0.29) is 11.3 Å². The van der Waals surface area contributed by atoms with Crippen LogP contribution < -0.4 is 10.9 Å². The van der Waals surface area contributed by atoms with Crippen molar-refractivity contribution in [2.75, 3.05) is 0 Å². The summed E-state index contributed by atoms with van der Waals surface area (Å²) in [6.45, 7) is 5.24. The Bertz CT molecular complexity index is 371. The minimum atomic E-state index is -5.69. The van der Waals surface area contributed by atoms with Crippen LogP contribution in [0, 0.1) is 0 Å². The smallest absolute Gasteiger partial charge is 0.299 e. The highest BCUT2D eigenvalue weighted by Crippen LogP contribution is 2.40. The molecule has 1 rings (SSSR count). The van der Waals surface area contributed by atoms with Crippen molar-refractivity contribution in [3.63, 3.8) is 0 Å². The first-order chi connectivity index (χ1) is 8.20. The molecule has 0 saturated heterocycles. The van der Waals surface area contributed by atoms with Crippen LogP contribution in [0.1, 0.15) is 20.8 Å². The molecule has 0 bridgehead atoms. The lowest BCUT2D eigenvalue weighted by atomic mass is 10.1. The van der Waals surface area contributed by atoms with E-state index in [1.54, 1.807) is 5.43 Å². The molecule has 0 atom stereocenters. The van der Waals surface area contributed by atoms with E-state index in [4.69, 9.17) is 0 Å². The first-order valence-electron chi connectivity index (χ1n) is 5.05. The Hall–Kier alpha value is -1.60. The van der Waals surface area contributed by atoms with E-state index < -0.39 is 17.8 Å². The summed E-state index contributed by atoms with van der Waals surface area (Å²) in [5.74, 6) is -4.99. The molecule has 0 unspecified atom stereocenters. The molecule has 0 aromatic heterocycles. The molecule has 0 fully saturated rings. The van der Waals surface area contributed by atoms with Gasteiger partial charge in [0.05, 0.1) is 5.70 Å². The Balaban J connectivity index is 0.00000137. The number of hydrogen-bond donors (Lipinski definition) is 2. The van der Waals surface area contributed by atoms with Gasteiger partial charge in [-0.1, -0.05) is 13.8 Å². The van der Waals surface area contributed by atoms with Gasteiger partial charge in [0.25, 0.3) is 0 Å². The third kappa shape index (κ3) is 3.21. The number of aldehydes is 1. The highest BCUT2D eigenvalue weighted by molar-refractivity contribution is 5.75. The van der Waals surface area contributed by atoms with Crippen LogP contribution in [-0.4, -0.2) is 18.4 Å². The normalized spacial score (nSPS) is 15.9. The van der Waals surface area contributed by atoms with Crippen molar-refractivity contribution in [1.82, 2.24) is 10.9 Å². The minimum Gasteiger partial charge on any atom is -0.299 e. The van der Waals surface area contributed by atoms with Crippen molar-refractivity contribution in [3.05, 3.63) is 23.0 Å². The number of allylic oxidation sites excluding steroid dienone is 4. The van der Waals surface area contributed by atoms with Crippen LogP contribution in [0.3, 0.4) is 0 Å². The van der Waals surface area contributed by atoms with Crippen LogP contribution in [-0.2, 0) is 4.79 Å². The van der Waals surface area contributed by atoms with E-state index in [2.05, 4.69) is 0 Å². The molecular formula is C10H13F5N2O. The minimum absolute atomic E-state index is 0.00678. The Morgan fingerprint density at radius 1 is 1.11 bits per heavy atom. The Morgan fingerprint density at radius 3 is 1.94 bits per heavy atom. The van der Waals surface area contributed by atoms with Gasteiger partial charge in [-0.3, -0.25) is 15.6 Å². The van der Waals surface area contributed by atoms with Gasteiger partial charge in [0.15, 0.2) is 6.29 Å². The molecule has 1 aliphatic rings. The van der Waals surface area contributed by atoms with Crippen LogP contribution in [0.4, 0.5) is 22.0 Å². The molecule has 0 aliphatic carbocycles. The average Bonchev–Trinajstić information content (AvgIpc) is 2.30. The average molecular weight is 272 g/mol. The van der Waals surface area contributed by atoms with Crippen molar-refractivity contribution in [2.24, 2.45) is 0 Å². The molecule has 1 heterocycles. The van der Waals surface area contributed by atoms with Crippen molar-refractivity contribution in [2.45, 2.75) is 32.9 Å². The quantitative estimate of drug-likeness (QED) is 0.600. The van der Waals surface area contributed by atoms with Gasteiger partial charge in [-0.25, -0.2) is 0 Å². The first kappa shape index (κ1) is 16.4. The summed E-state index contributed by atoms with van der Waals surface area (Å²) < 4.78 is 61.6. The van der Waals surface area contributed by atoms with E-state index in [0.29, 0.717) is 12.4 Å². The topological polar surface area (TPSA) is 41.1 Å². The summed E-state index contributed by atoms with van der Waals surface area (Å²) in [6.07, 6.45) is -4.80. The maximum absolute atomic E-state index is 12.8. The molecule has 0 saturated carbocycles. The number of alkyl halides is 5. The van der Waals surface area contributed by atoms with Gasteiger partial charge in [0.1, 0.15) is 5.70 Å². The zero-order valence-electron chi connectivity index (χ0n) is 9.95. The summed E-state index contributed by atoms with van der Waals surface area (Å²) in [7, 11) is 0. The lowest BCUT2D eigenvalue weighted by Gasteiger charge is -2.27. The van der Waals surface area contributed by atoms with Crippen molar-refractivity contribution in [3.8, 4) is 0 Å². The molecule has 18 heavy (non-hydrogen) atoms. The number of nitrogens with one attached hydrogen (secondary N) is 2. The molecule has 2 N–H and O–H groups in total. The number of carbonyl (C=O) groups is 1. The van der Waals surface area contributed by atoms with Crippen LogP contribution >= 0.6 is 0 Å². The fraction of sp³-hybridized carbons (Fsp3) is 0.500. The van der Waals surface area contributed by atoms with Crippen LogP contribution in [0.2, 0.25) is 0 Å². The molecular weight excluding hydrogens is 259 g/mol. The van der Waals surface area contributed by atoms with Gasteiger partial charge in [-0.15, -0.1) is 0 Å². The standard InChI is InChI=1S/C8H7F5N2O.C2H6/c1-4-2-6(15-14-5(4)3-16)7(9,10)8(11,12)13;1-2/h2-3,14-15H,1H3;1-2H3. The second-order valence-corrected chi connectivity index (χ2v) is 3.09. The Labute approximate surface area is 101 Å². The zero-order chi connectivity index (χ0) is 14.6. The van der Waals surface area contributed by atoms with Crippen LogP contribution in [0.5, 0.6) is 0 Å². The third-order valence-corrected chi connectivity index (χ3v) is 1.93. The summed E-state index contributed by atoms with van der Waals surface area (Å²) in [6, 6.07) is 0. The summed E-state index contributed by atoms with van der Waals surface area (Å²) in [4.78, 5) is 10.3. The molecule has 3 nitrogen and oxygen atoms in total. The van der Waals surface area contributed by atoms with Gasteiger partial charge in [0, 0.05) is 0 Å². The summed E-state index contributed by atoms with van der Waals surface area (Å²) in [5.41, 5.74) is 2.16. The van der Waals surface area contributed by atoms with Gasteiger partial charge in [0.2, 0.25) is 0 Å². The number of halogens is 5. The molecule has 0 amide bonds. The molecule has 0 radical (unpaired) electrons. The van der Waals surface area contributed by atoms with Crippen molar-refractivity contribution in [1.29, 1.82) is 0 Å². The van der Waals surface area contributed by atoms with Gasteiger partial charge in [-0.2, -0.15) is 22.0 Å². The van der Waals surface area contributed by atoms with E-state index in [0.717, 1.165) is 0 Å². The highest BCUT2D eigenvalue weighted by atomic mass is 19.4. The van der Waals surface area contributed by atoms with Crippen LogP contribution in [0.25, 0.3) is 0 Å². The number of hydrogen-bond acceptors (Lipinski definition) is 3. The lowest BCUT2D eigenvalue weighted by Crippen LogP contribution is -2.48.